The fourth-order valence-electron chi connectivity index (χ4n) is 4.21. The quantitative estimate of drug-likeness (QED) is 0.672. The van der Waals surface area contributed by atoms with Crippen LogP contribution in [0.3, 0.4) is 0 Å². The molecule has 0 saturated carbocycles. The van der Waals surface area contributed by atoms with Gasteiger partial charge in [0.05, 0.1) is 11.4 Å². The fourth-order valence-corrected chi connectivity index (χ4v) is 4.39. The molecule has 1 aromatic carbocycles. The number of aryl methyl sites for hydroxylation is 1. The van der Waals surface area contributed by atoms with Gasteiger partial charge in [-0.15, -0.1) is 0 Å². The second-order valence-corrected chi connectivity index (χ2v) is 8.12. The normalized spacial score (nSPS) is 18.2. The van der Waals surface area contributed by atoms with E-state index in [1.54, 1.807) is 6.07 Å². The predicted octanol–water partition coefficient (Wildman–Crippen LogP) is 3.48. The molecule has 0 unspecified atom stereocenters. The monoisotopic (exact) mass is 411 g/mol. The number of hydrogen-bond donors (Lipinski definition) is 2. The zero-order chi connectivity index (χ0) is 19.8. The Balaban J connectivity index is 1.21. The van der Waals surface area contributed by atoms with Crippen LogP contribution >= 0.6 is 11.6 Å². The van der Waals surface area contributed by atoms with E-state index in [9.17, 15) is 4.79 Å². The third-order valence-electron chi connectivity index (χ3n) is 5.74. The third-order valence-corrected chi connectivity index (χ3v) is 5.98. The summed E-state index contributed by atoms with van der Waals surface area (Å²) < 4.78 is 5.77. The molecule has 3 heterocycles. The molecule has 1 aliphatic carbocycles. The number of carbonyl (C=O) groups excluding carboxylic acids is 1. The molecule has 8 heteroatoms. The Kier molecular flexibility index (Phi) is 4.75. The highest BCUT2D eigenvalue weighted by atomic mass is 35.5. The molecule has 2 N–H and O–H groups in total. The van der Waals surface area contributed by atoms with Crippen molar-refractivity contribution in [3.63, 3.8) is 0 Å². The van der Waals surface area contributed by atoms with E-state index in [0.29, 0.717) is 23.9 Å². The van der Waals surface area contributed by atoms with E-state index in [4.69, 9.17) is 16.3 Å². The molecule has 29 heavy (non-hydrogen) atoms. The summed E-state index contributed by atoms with van der Waals surface area (Å²) in [4.78, 5) is 14.8. The Morgan fingerprint density at radius 3 is 3.07 bits per heavy atom. The number of benzene rings is 1. The van der Waals surface area contributed by atoms with Gasteiger partial charge < -0.3 is 9.64 Å². The van der Waals surface area contributed by atoms with Crippen LogP contribution < -0.4 is 4.74 Å². The number of likely N-dealkylation sites (tertiary alicyclic amines) is 1. The lowest BCUT2D eigenvalue weighted by Gasteiger charge is -2.15. The number of nitrogens with zero attached hydrogens (tertiary/aromatic N) is 3. The number of fused-ring (bicyclic) bond motifs is 1. The number of halogens is 1. The van der Waals surface area contributed by atoms with Gasteiger partial charge in [-0.05, 0) is 49.9 Å². The topological polar surface area (TPSA) is 86.9 Å². The van der Waals surface area contributed by atoms with Crippen LogP contribution in [0.25, 0.3) is 0 Å². The average Bonchev–Trinajstić information content (AvgIpc) is 3.50. The molecule has 1 aliphatic heterocycles. The number of ether oxygens (including phenoxy) is 1. The van der Waals surface area contributed by atoms with Crippen molar-refractivity contribution in [1.29, 1.82) is 0 Å². The van der Waals surface area contributed by atoms with Gasteiger partial charge in [0, 0.05) is 35.3 Å². The van der Waals surface area contributed by atoms with E-state index in [1.165, 1.54) is 0 Å². The maximum atomic E-state index is 12.9. The van der Waals surface area contributed by atoms with E-state index in [0.717, 1.165) is 60.6 Å². The molecule has 2 aliphatic rings. The van der Waals surface area contributed by atoms with Crippen LogP contribution in [0.2, 0.25) is 5.02 Å². The molecule has 150 valence electrons. The van der Waals surface area contributed by atoms with Crippen molar-refractivity contribution in [3.8, 4) is 5.75 Å². The van der Waals surface area contributed by atoms with Gasteiger partial charge in [0.25, 0.3) is 5.91 Å². The highest BCUT2D eigenvalue weighted by Crippen LogP contribution is 2.30. The minimum Gasteiger partial charge on any atom is -0.487 e. The maximum absolute atomic E-state index is 12.9. The Hall–Kier alpha value is -2.80. The van der Waals surface area contributed by atoms with Gasteiger partial charge >= 0.3 is 0 Å². The summed E-state index contributed by atoms with van der Waals surface area (Å²) in [6, 6.07) is 9.35. The molecular weight excluding hydrogens is 390 g/mol. The van der Waals surface area contributed by atoms with E-state index in [2.05, 4.69) is 20.4 Å². The number of H-pyrrole nitrogens is 2. The molecule has 1 fully saturated rings. The highest BCUT2D eigenvalue weighted by Gasteiger charge is 2.33. The maximum Gasteiger partial charge on any atom is 0.274 e. The number of carbonyl (C=O) groups is 1. The lowest BCUT2D eigenvalue weighted by atomic mass is 10.1. The Bertz CT molecular complexity index is 1040. The number of nitrogens with one attached hydrogen (secondary N) is 2. The Morgan fingerprint density at radius 2 is 2.17 bits per heavy atom. The molecule has 1 atom stereocenters. The van der Waals surface area contributed by atoms with Crippen molar-refractivity contribution in [2.75, 3.05) is 13.1 Å². The number of amides is 1. The molecule has 0 spiro atoms. The SMILES string of the molecule is O=C(c1n[nH]c2c1CCC2)N1CC[C@H](c2cc(COc3cccc(Cl)c3)[nH]n2)C1. The van der Waals surface area contributed by atoms with E-state index in [1.807, 2.05) is 29.2 Å². The third kappa shape index (κ3) is 3.62. The smallest absolute Gasteiger partial charge is 0.274 e. The first-order chi connectivity index (χ1) is 14.2. The first-order valence-electron chi connectivity index (χ1n) is 9.95. The van der Waals surface area contributed by atoms with Gasteiger partial charge in [-0.3, -0.25) is 15.0 Å². The Morgan fingerprint density at radius 1 is 1.24 bits per heavy atom. The summed E-state index contributed by atoms with van der Waals surface area (Å²) in [6.45, 7) is 1.79. The second kappa shape index (κ2) is 7.55. The summed E-state index contributed by atoms with van der Waals surface area (Å²) in [5, 5.41) is 15.5. The van der Waals surface area contributed by atoms with Crippen LogP contribution in [0.4, 0.5) is 0 Å². The van der Waals surface area contributed by atoms with E-state index in [-0.39, 0.29) is 11.8 Å². The summed E-state index contributed by atoms with van der Waals surface area (Å²) in [5.74, 6) is 0.979. The van der Waals surface area contributed by atoms with Gasteiger partial charge in [0.15, 0.2) is 5.69 Å². The second-order valence-electron chi connectivity index (χ2n) is 7.68. The molecule has 5 rings (SSSR count). The zero-order valence-corrected chi connectivity index (χ0v) is 16.7. The standard InChI is InChI=1S/C21H22ClN5O2/c22-14-3-1-4-16(9-14)29-12-15-10-19(25-23-15)13-7-8-27(11-13)21(28)20-17-5-2-6-18(17)24-26-20/h1,3-4,9-10,13H,2,5-8,11-12H2,(H,23,25)(H,24,26)/t13-/m0/s1. The first kappa shape index (κ1) is 18.2. The van der Waals surface area contributed by atoms with Gasteiger partial charge in [0.2, 0.25) is 0 Å². The van der Waals surface area contributed by atoms with Gasteiger partial charge in [-0.25, -0.2) is 0 Å². The molecule has 2 aromatic heterocycles. The molecule has 0 bridgehead atoms. The Labute approximate surface area is 173 Å². The molecule has 1 amide bonds. The van der Waals surface area contributed by atoms with Crippen molar-refractivity contribution in [1.82, 2.24) is 25.3 Å². The van der Waals surface area contributed by atoms with Gasteiger partial charge in [-0.2, -0.15) is 10.2 Å². The molecule has 0 radical (unpaired) electrons. The minimum atomic E-state index is 0.0342. The number of hydrogen-bond acceptors (Lipinski definition) is 4. The minimum absolute atomic E-state index is 0.0342. The fraction of sp³-hybridized carbons (Fsp3) is 0.381. The van der Waals surface area contributed by atoms with E-state index >= 15 is 0 Å². The van der Waals surface area contributed by atoms with Gasteiger partial charge in [-0.1, -0.05) is 17.7 Å². The largest absolute Gasteiger partial charge is 0.487 e. The van der Waals surface area contributed by atoms with Crippen molar-refractivity contribution >= 4 is 17.5 Å². The van der Waals surface area contributed by atoms with Crippen LogP contribution in [0, 0.1) is 0 Å². The molecular formula is C21H22ClN5O2. The summed E-state index contributed by atoms with van der Waals surface area (Å²) in [7, 11) is 0. The van der Waals surface area contributed by atoms with Crippen molar-refractivity contribution in [2.24, 2.45) is 0 Å². The summed E-state index contributed by atoms with van der Waals surface area (Å²) in [5.41, 5.74) is 4.71. The lowest BCUT2D eigenvalue weighted by molar-refractivity contribution is 0.0783. The zero-order valence-electron chi connectivity index (χ0n) is 15.9. The number of rotatable bonds is 5. The van der Waals surface area contributed by atoms with E-state index < -0.39 is 0 Å². The van der Waals surface area contributed by atoms with Crippen LogP contribution in [0.1, 0.15) is 51.9 Å². The van der Waals surface area contributed by atoms with Crippen molar-refractivity contribution in [3.05, 3.63) is 63.7 Å². The highest BCUT2D eigenvalue weighted by molar-refractivity contribution is 6.30. The average molecular weight is 412 g/mol. The molecule has 1 saturated heterocycles. The first-order valence-corrected chi connectivity index (χ1v) is 10.3. The van der Waals surface area contributed by atoms with Crippen LogP contribution in [0.15, 0.2) is 30.3 Å². The van der Waals surface area contributed by atoms with Crippen LogP contribution in [-0.2, 0) is 19.4 Å². The number of aromatic nitrogens is 4. The van der Waals surface area contributed by atoms with Crippen LogP contribution in [-0.4, -0.2) is 44.3 Å². The van der Waals surface area contributed by atoms with Crippen LogP contribution in [0.5, 0.6) is 5.75 Å². The number of aromatic amines is 2. The predicted molar refractivity (Wildman–Crippen MR) is 108 cm³/mol. The van der Waals surface area contributed by atoms with Gasteiger partial charge in [0.1, 0.15) is 12.4 Å². The van der Waals surface area contributed by atoms with Crippen molar-refractivity contribution < 1.29 is 9.53 Å². The molecule has 7 nitrogen and oxygen atoms in total. The summed E-state index contributed by atoms with van der Waals surface area (Å²) >= 11 is 5.99. The molecule has 3 aromatic rings. The van der Waals surface area contributed by atoms with Crippen molar-refractivity contribution in [2.45, 2.75) is 38.2 Å². The summed E-state index contributed by atoms with van der Waals surface area (Å²) in [6.07, 6.45) is 3.93. The lowest BCUT2D eigenvalue weighted by Crippen LogP contribution is -2.29.